The summed E-state index contributed by atoms with van der Waals surface area (Å²) in [6.45, 7) is -1.20. The van der Waals surface area contributed by atoms with Gasteiger partial charge < -0.3 is 10.1 Å². The first-order valence-corrected chi connectivity index (χ1v) is 8.84. The number of amides is 2. The fraction of sp³-hybridized carbons (Fsp3) is 0.250. The maximum absolute atomic E-state index is 12.4. The Balaban J connectivity index is 1.58. The highest BCUT2D eigenvalue weighted by molar-refractivity contribution is 6.40. The van der Waals surface area contributed by atoms with Crippen LogP contribution in [-0.4, -0.2) is 30.3 Å². The number of alkyl halides is 3. The highest BCUT2D eigenvalue weighted by Crippen LogP contribution is 2.20. The molecule has 1 aliphatic rings. The van der Waals surface area contributed by atoms with Gasteiger partial charge in [0, 0.05) is 19.4 Å². The number of hydrogen-bond donors (Lipinski definition) is 1. The molecule has 1 aliphatic heterocycles. The number of para-hydroxylation sites is 1. The van der Waals surface area contributed by atoms with Crippen molar-refractivity contribution in [2.75, 3.05) is 11.6 Å². The lowest BCUT2D eigenvalue weighted by atomic mass is 10.1. The normalized spacial score (nSPS) is 14.4. The topological polar surface area (TPSA) is 71.0 Å². The average Bonchev–Trinajstić information content (AvgIpc) is 2.71. The summed E-state index contributed by atoms with van der Waals surface area (Å²) in [5.41, 5.74) is 1.50. The highest BCUT2D eigenvalue weighted by Gasteiger charge is 2.28. The van der Waals surface area contributed by atoms with Crippen molar-refractivity contribution < 1.29 is 27.5 Å². The monoisotopic (exact) mass is 405 g/mol. The van der Waals surface area contributed by atoms with Crippen molar-refractivity contribution >= 4 is 23.2 Å². The number of ether oxygens (including phenoxy) is 1. The molecule has 0 bridgehead atoms. The predicted octanol–water partition coefficient (Wildman–Crippen LogP) is 3.43. The van der Waals surface area contributed by atoms with E-state index in [2.05, 4.69) is 15.2 Å². The van der Waals surface area contributed by atoms with Gasteiger partial charge >= 0.3 is 6.18 Å². The zero-order valence-electron chi connectivity index (χ0n) is 15.3. The van der Waals surface area contributed by atoms with E-state index in [1.807, 2.05) is 6.07 Å². The van der Waals surface area contributed by atoms with E-state index in [0.717, 1.165) is 0 Å². The van der Waals surface area contributed by atoms with E-state index in [1.165, 1.54) is 17.1 Å². The molecule has 6 nitrogen and oxygen atoms in total. The van der Waals surface area contributed by atoms with Crippen molar-refractivity contribution in [2.45, 2.75) is 25.6 Å². The fourth-order valence-electron chi connectivity index (χ4n) is 2.64. The first kappa shape index (κ1) is 20.4. The van der Waals surface area contributed by atoms with Crippen LogP contribution in [0.15, 0.2) is 59.7 Å². The second-order valence-corrected chi connectivity index (χ2v) is 6.32. The first-order chi connectivity index (χ1) is 13.8. The smallest absolute Gasteiger partial charge is 0.422 e. The van der Waals surface area contributed by atoms with Crippen LogP contribution < -0.4 is 15.1 Å². The van der Waals surface area contributed by atoms with Gasteiger partial charge in [0.25, 0.3) is 5.91 Å². The van der Waals surface area contributed by atoms with Crippen LogP contribution in [0, 0.1) is 0 Å². The van der Waals surface area contributed by atoms with Gasteiger partial charge in [-0.2, -0.15) is 18.3 Å². The van der Waals surface area contributed by atoms with Crippen LogP contribution >= 0.6 is 0 Å². The third kappa shape index (κ3) is 5.81. The molecule has 0 aromatic heterocycles. The number of anilines is 1. The molecule has 0 atom stereocenters. The molecule has 29 heavy (non-hydrogen) atoms. The molecule has 0 fully saturated rings. The lowest BCUT2D eigenvalue weighted by Gasteiger charge is -2.23. The number of carbonyl (C=O) groups is 2. The zero-order valence-corrected chi connectivity index (χ0v) is 15.3. The van der Waals surface area contributed by atoms with E-state index in [1.54, 1.807) is 36.4 Å². The molecule has 3 rings (SSSR count). The van der Waals surface area contributed by atoms with Gasteiger partial charge in [-0.05, 0) is 29.8 Å². The summed E-state index contributed by atoms with van der Waals surface area (Å²) in [5, 5.41) is 8.08. The standard InChI is InChI=1S/C20H18F3N3O3/c21-20(22,23)13-29-16-8-6-14(7-9-16)12-24-19(28)17-10-11-18(27)26(25-17)15-4-2-1-3-5-15/h1-9H,10-13H2,(H,24,28). The molecule has 0 spiro atoms. The van der Waals surface area contributed by atoms with Gasteiger partial charge in [-0.25, -0.2) is 5.01 Å². The van der Waals surface area contributed by atoms with Crippen molar-refractivity contribution in [2.24, 2.45) is 5.10 Å². The minimum atomic E-state index is -4.40. The first-order valence-electron chi connectivity index (χ1n) is 8.84. The summed E-state index contributed by atoms with van der Waals surface area (Å²) in [5.74, 6) is -0.510. The fourth-order valence-corrected chi connectivity index (χ4v) is 2.64. The summed E-state index contributed by atoms with van der Waals surface area (Å²) in [6, 6.07) is 14.7. The van der Waals surface area contributed by atoms with Gasteiger partial charge in [-0.3, -0.25) is 9.59 Å². The summed E-state index contributed by atoms with van der Waals surface area (Å²) >= 11 is 0. The van der Waals surface area contributed by atoms with Gasteiger partial charge in [-0.1, -0.05) is 30.3 Å². The second-order valence-electron chi connectivity index (χ2n) is 6.32. The lowest BCUT2D eigenvalue weighted by Crippen LogP contribution is -2.38. The maximum Gasteiger partial charge on any atom is 0.422 e. The van der Waals surface area contributed by atoms with E-state index >= 15 is 0 Å². The van der Waals surface area contributed by atoms with E-state index < -0.39 is 18.7 Å². The molecule has 1 N–H and O–H groups in total. The van der Waals surface area contributed by atoms with Crippen molar-refractivity contribution in [1.82, 2.24) is 5.32 Å². The Kier molecular flexibility index (Phi) is 6.16. The number of hydrazone groups is 1. The quantitative estimate of drug-likeness (QED) is 0.801. The van der Waals surface area contributed by atoms with E-state index in [0.29, 0.717) is 11.3 Å². The minimum absolute atomic E-state index is 0.0890. The zero-order chi connectivity index (χ0) is 20.9. The van der Waals surface area contributed by atoms with Crippen LogP contribution in [0.1, 0.15) is 18.4 Å². The Morgan fingerprint density at radius 2 is 1.76 bits per heavy atom. The molecule has 2 amide bonds. The molecule has 2 aromatic carbocycles. The largest absolute Gasteiger partial charge is 0.484 e. The van der Waals surface area contributed by atoms with Crippen LogP contribution in [0.4, 0.5) is 18.9 Å². The van der Waals surface area contributed by atoms with Crippen molar-refractivity contribution in [1.29, 1.82) is 0 Å². The Morgan fingerprint density at radius 3 is 2.41 bits per heavy atom. The third-order valence-electron chi connectivity index (χ3n) is 4.07. The van der Waals surface area contributed by atoms with Gasteiger partial charge in [0.1, 0.15) is 11.5 Å². The van der Waals surface area contributed by atoms with Crippen LogP contribution in [-0.2, 0) is 16.1 Å². The van der Waals surface area contributed by atoms with E-state index in [9.17, 15) is 22.8 Å². The molecule has 0 aliphatic carbocycles. The molecular weight excluding hydrogens is 387 g/mol. The van der Waals surface area contributed by atoms with Gasteiger partial charge in [0.05, 0.1) is 5.69 Å². The molecule has 152 valence electrons. The Morgan fingerprint density at radius 1 is 1.07 bits per heavy atom. The minimum Gasteiger partial charge on any atom is -0.484 e. The van der Waals surface area contributed by atoms with Crippen LogP contribution in [0.25, 0.3) is 0 Å². The Hall–Kier alpha value is -3.36. The molecule has 0 unspecified atom stereocenters. The number of rotatable bonds is 6. The van der Waals surface area contributed by atoms with Gasteiger partial charge in [0.2, 0.25) is 5.91 Å². The number of carbonyl (C=O) groups excluding carboxylic acids is 2. The summed E-state index contributed by atoms with van der Waals surface area (Å²) in [4.78, 5) is 24.5. The van der Waals surface area contributed by atoms with E-state index in [-0.39, 0.29) is 36.8 Å². The molecule has 1 heterocycles. The number of benzene rings is 2. The number of nitrogens with one attached hydrogen (secondary N) is 1. The molecule has 2 aromatic rings. The molecule has 0 saturated heterocycles. The van der Waals surface area contributed by atoms with Crippen LogP contribution in [0.3, 0.4) is 0 Å². The molecule has 9 heteroatoms. The highest BCUT2D eigenvalue weighted by atomic mass is 19.4. The Labute approximate surface area is 165 Å². The summed E-state index contributed by atoms with van der Waals surface area (Å²) in [7, 11) is 0. The molecule has 0 saturated carbocycles. The predicted molar refractivity (Wildman–Crippen MR) is 100 cm³/mol. The molecular formula is C20H18F3N3O3. The van der Waals surface area contributed by atoms with Crippen molar-refractivity contribution in [3.05, 3.63) is 60.2 Å². The number of halogens is 3. The van der Waals surface area contributed by atoms with Gasteiger partial charge in [0.15, 0.2) is 6.61 Å². The van der Waals surface area contributed by atoms with Gasteiger partial charge in [-0.15, -0.1) is 0 Å². The maximum atomic E-state index is 12.4. The number of nitrogens with zero attached hydrogens (tertiary/aromatic N) is 2. The van der Waals surface area contributed by atoms with E-state index in [4.69, 9.17) is 0 Å². The number of hydrogen-bond acceptors (Lipinski definition) is 4. The van der Waals surface area contributed by atoms with Crippen LogP contribution in [0.5, 0.6) is 5.75 Å². The van der Waals surface area contributed by atoms with Crippen molar-refractivity contribution in [3.63, 3.8) is 0 Å². The third-order valence-corrected chi connectivity index (χ3v) is 4.07. The Bertz CT molecular complexity index is 897. The van der Waals surface area contributed by atoms with Crippen LogP contribution in [0.2, 0.25) is 0 Å². The van der Waals surface area contributed by atoms with Crippen molar-refractivity contribution in [3.8, 4) is 5.75 Å². The lowest BCUT2D eigenvalue weighted by molar-refractivity contribution is -0.153. The summed E-state index contributed by atoms with van der Waals surface area (Å²) in [6.07, 6.45) is -3.99. The average molecular weight is 405 g/mol. The molecule has 0 radical (unpaired) electrons. The second kappa shape index (κ2) is 8.76. The SMILES string of the molecule is O=C(NCc1ccc(OCC(F)(F)F)cc1)C1=NN(c2ccccc2)C(=O)CC1. The summed E-state index contributed by atoms with van der Waals surface area (Å²) < 4.78 is 41.1.